The minimum Gasteiger partial charge on any atom is -0.245 e. The minimum absolute atomic E-state index is 0.258. The Labute approximate surface area is 189 Å². The first-order valence-corrected chi connectivity index (χ1v) is 12.3. The summed E-state index contributed by atoms with van der Waals surface area (Å²) < 4.78 is 27.6. The maximum Gasteiger partial charge on any atom is 0.216 e. The third-order valence-corrected chi connectivity index (χ3v) is 8.74. The van der Waals surface area contributed by atoms with Gasteiger partial charge in [0.05, 0.1) is 4.90 Å². The smallest absolute Gasteiger partial charge is 0.216 e. The topological polar surface area (TPSA) is 47.0 Å². The molecule has 0 aliphatic carbocycles. The zero-order valence-corrected chi connectivity index (χ0v) is 18.6. The highest BCUT2D eigenvalue weighted by molar-refractivity contribution is 7.93. The first-order valence-electron chi connectivity index (χ1n) is 9.58. The zero-order chi connectivity index (χ0) is 21.4. The molecule has 0 aliphatic rings. The summed E-state index contributed by atoms with van der Waals surface area (Å²) >= 11 is 7.25. The van der Waals surface area contributed by atoms with Crippen LogP contribution in [0.3, 0.4) is 0 Å². The van der Waals surface area contributed by atoms with Gasteiger partial charge < -0.3 is 0 Å². The van der Waals surface area contributed by atoms with E-state index in [1.807, 2.05) is 66.7 Å². The lowest BCUT2D eigenvalue weighted by atomic mass is 10.1. The van der Waals surface area contributed by atoms with Gasteiger partial charge in [-0.25, -0.2) is 13.4 Å². The van der Waals surface area contributed by atoms with Crippen molar-refractivity contribution in [2.24, 2.45) is 0 Å². The van der Waals surface area contributed by atoms with E-state index in [9.17, 15) is 8.42 Å². The molecule has 0 saturated heterocycles. The predicted molar refractivity (Wildman–Crippen MR) is 127 cm³/mol. The van der Waals surface area contributed by atoms with Gasteiger partial charge >= 0.3 is 0 Å². The number of rotatable bonds is 4. The van der Waals surface area contributed by atoms with Gasteiger partial charge in [-0.05, 0) is 53.1 Å². The maximum atomic E-state index is 13.7. The molecule has 0 saturated carbocycles. The van der Waals surface area contributed by atoms with E-state index in [-0.39, 0.29) is 9.10 Å². The molecule has 5 aromatic rings. The standard InChI is InChI=1S/C25H16ClNO2S2/c26-20-12-8-19(9-13-20)23-22-7-4-16-27-24(22)30-25(23)31(28,29)21-14-10-18(11-15-21)17-5-2-1-3-6-17/h1-16H. The van der Waals surface area contributed by atoms with Crippen LogP contribution >= 0.6 is 22.9 Å². The van der Waals surface area contributed by atoms with Crippen LogP contribution in [0.1, 0.15) is 0 Å². The molecule has 5 rings (SSSR count). The summed E-state index contributed by atoms with van der Waals surface area (Å²) in [6, 6.07) is 27.8. The molecule has 3 aromatic carbocycles. The Morgan fingerprint density at radius 2 is 1.35 bits per heavy atom. The Bertz CT molecular complexity index is 1470. The molecule has 2 heterocycles. The van der Waals surface area contributed by atoms with Crippen LogP contribution in [0.4, 0.5) is 0 Å². The maximum absolute atomic E-state index is 13.7. The van der Waals surface area contributed by atoms with E-state index < -0.39 is 9.84 Å². The number of pyridine rings is 1. The number of thiophene rings is 1. The fourth-order valence-electron chi connectivity index (χ4n) is 3.55. The first-order chi connectivity index (χ1) is 15.0. The SMILES string of the molecule is O=S(=O)(c1ccc(-c2ccccc2)cc1)c1sc2ncccc2c1-c1ccc(Cl)cc1. The predicted octanol–water partition coefficient (Wildman–Crippen LogP) is 7.12. The molecule has 3 nitrogen and oxygen atoms in total. The van der Waals surface area contributed by atoms with E-state index in [2.05, 4.69) is 4.98 Å². The molecule has 2 aromatic heterocycles. The van der Waals surface area contributed by atoms with E-state index in [0.29, 0.717) is 15.4 Å². The summed E-state index contributed by atoms with van der Waals surface area (Å²) in [5.74, 6) is 0. The van der Waals surface area contributed by atoms with Crippen LogP contribution in [-0.4, -0.2) is 13.4 Å². The molecule has 0 N–H and O–H groups in total. The van der Waals surface area contributed by atoms with Crippen LogP contribution in [0.25, 0.3) is 32.5 Å². The zero-order valence-electron chi connectivity index (χ0n) is 16.2. The molecule has 0 atom stereocenters. The monoisotopic (exact) mass is 461 g/mol. The summed E-state index contributed by atoms with van der Waals surface area (Å²) in [5, 5.41) is 1.41. The molecule has 0 amide bonds. The average Bonchev–Trinajstić information content (AvgIpc) is 3.21. The molecule has 0 bridgehead atoms. The largest absolute Gasteiger partial charge is 0.245 e. The van der Waals surface area contributed by atoms with Gasteiger partial charge in [0.2, 0.25) is 9.84 Å². The van der Waals surface area contributed by atoms with Crippen LogP contribution in [0.2, 0.25) is 5.02 Å². The summed E-state index contributed by atoms with van der Waals surface area (Å²) in [5.41, 5.74) is 3.47. The van der Waals surface area contributed by atoms with Gasteiger partial charge in [-0.2, -0.15) is 0 Å². The fourth-order valence-corrected chi connectivity index (χ4v) is 6.75. The number of aromatic nitrogens is 1. The fraction of sp³-hybridized carbons (Fsp3) is 0. The van der Waals surface area contributed by atoms with Gasteiger partial charge in [-0.1, -0.05) is 66.2 Å². The Morgan fingerprint density at radius 1 is 0.710 bits per heavy atom. The summed E-state index contributed by atoms with van der Waals surface area (Å²) in [6.45, 7) is 0. The normalized spacial score (nSPS) is 11.6. The van der Waals surface area contributed by atoms with E-state index >= 15 is 0 Å². The third kappa shape index (κ3) is 3.65. The second-order valence-corrected chi connectivity index (χ2v) is 10.6. The molecule has 6 heteroatoms. The Kier molecular flexibility index (Phi) is 5.10. The molecule has 0 spiro atoms. The van der Waals surface area contributed by atoms with Crippen molar-refractivity contribution in [3.8, 4) is 22.3 Å². The lowest BCUT2D eigenvalue weighted by molar-refractivity contribution is 0.598. The first kappa shape index (κ1) is 19.9. The van der Waals surface area contributed by atoms with E-state index in [1.165, 1.54) is 11.3 Å². The molecule has 0 aliphatic heterocycles. The summed E-state index contributed by atoms with van der Waals surface area (Å²) in [6.07, 6.45) is 1.68. The third-order valence-electron chi connectivity index (χ3n) is 5.08. The second kappa shape index (κ2) is 7.93. The van der Waals surface area contributed by atoms with Crippen molar-refractivity contribution in [2.45, 2.75) is 9.10 Å². The second-order valence-electron chi connectivity index (χ2n) is 7.02. The minimum atomic E-state index is -3.74. The van der Waals surface area contributed by atoms with Gasteiger partial charge in [0.1, 0.15) is 9.04 Å². The van der Waals surface area contributed by atoms with Gasteiger partial charge in [-0.15, -0.1) is 11.3 Å². The molecule has 152 valence electrons. The lowest BCUT2D eigenvalue weighted by Gasteiger charge is -2.08. The van der Waals surface area contributed by atoms with Crippen molar-refractivity contribution in [3.05, 3.63) is 102 Å². The average molecular weight is 462 g/mol. The summed E-state index contributed by atoms with van der Waals surface area (Å²) in [7, 11) is -3.74. The Hall–Kier alpha value is -2.99. The number of benzene rings is 3. The van der Waals surface area contributed by atoms with Crippen LogP contribution in [0.15, 0.2) is 106 Å². The van der Waals surface area contributed by atoms with Gasteiger partial charge in [0, 0.05) is 22.2 Å². The highest BCUT2D eigenvalue weighted by Gasteiger charge is 2.27. The highest BCUT2D eigenvalue weighted by atomic mass is 35.5. The van der Waals surface area contributed by atoms with Crippen LogP contribution < -0.4 is 0 Å². The van der Waals surface area contributed by atoms with Crippen molar-refractivity contribution in [1.82, 2.24) is 4.98 Å². The lowest BCUT2D eigenvalue weighted by Crippen LogP contribution is -2.01. The van der Waals surface area contributed by atoms with Gasteiger partial charge in [0.25, 0.3) is 0 Å². The Morgan fingerprint density at radius 3 is 2.06 bits per heavy atom. The van der Waals surface area contributed by atoms with Gasteiger partial charge in [0.15, 0.2) is 0 Å². The molecular weight excluding hydrogens is 446 g/mol. The van der Waals surface area contributed by atoms with Gasteiger partial charge in [-0.3, -0.25) is 0 Å². The van der Waals surface area contributed by atoms with E-state index in [4.69, 9.17) is 11.6 Å². The van der Waals surface area contributed by atoms with Crippen molar-refractivity contribution in [2.75, 3.05) is 0 Å². The number of hydrogen-bond donors (Lipinski definition) is 0. The number of nitrogens with zero attached hydrogens (tertiary/aromatic N) is 1. The molecule has 0 radical (unpaired) electrons. The van der Waals surface area contributed by atoms with Crippen molar-refractivity contribution >= 4 is 43.0 Å². The van der Waals surface area contributed by atoms with Crippen molar-refractivity contribution in [3.63, 3.8) is 0 Å². The number of hydrogen-bond acceptors (Lipinski definition) is 4. The summed E-state index contributed by atoms with van der Waals surface area (Å²) in [4.78, 5) is 5.34. The molecular formula is C25H16ClNO2S2. The number of halogens is 1. The number of fused-ring (bicyclic) bond motifs is 1. The highest BCUT2D eigenvalue weighted by Crippen LogP contribution is 2.43. The van der Waals surface area contributed by atoms with E-state index in [0.717, 1.165) is 22.1 Å². The molecule has 0 fully saturated rings. The number of sulfone groups is 1. The van der Waals surface area contributed by atoms with Crippen LogP contribution in [0, 0.1) is 0 Å². The van der Waals surface area contributed by atoms with Crippen LogP contribution in [-0.2, 0) is 9.84 Å². The molecule has 31 heavy (non-hydrogen) atoms. The van der Waals surface area contributed by atoms with Crippen molar-refractivity contribution in [1.29, 1.82) is 0 Å². The molecule has 0 unspecified atom stereocenters. The Balaban J connectivity index is 1.66. The quantitative estimate of drug-likeness (QED) is 0.286. The van der Waals surface area contributed by atoms with Crippen molar-refractivity contribution < 1.29 is 8.42 Å². The van der Waals surface area contributed by atoms with E-state index in [1.54, 1.807) is 30.5 Å². The van der Waals surface area contributed by atoms with Crippen LogP contribution in [0.5, 0.6) is 0 Å².